The summed E-state index contributed by atoms with van der Waals surface area (Å²) in [7, 11) is -3.26. The van der Waals surface area contributed by atoms with Gasteiger partial charge in [-0.15, -0.1) is 0 Å². The summed E-state index contributed by atoms with van der Waals surface area (Å²) in [5, 5.41) is -0.215. The van der Waals surface area contributed by atoms with E-state index in [1.165, 1.54) is 0 Å². The van der Waals surface area contributed by atoms with Gasteiger partial charge in [-0.3, -0.25) is 4.79 Å². The van der Waals surface area contributed by atoms with Crippen LogP contribution in [0.3, 0.4) is 0 Å². The number of morpholine rings is 1. The highest BCUT2D eigenvalue weighted by atomic mass is 32.2. The van der Waals surface area contributed by atoms with Crippen LogP contribution in [-0.2, 0) is 19.6 Å². The first-order valence-electron chi connectivity index (χ1n) is 11.0. The van der Waals surface area contributed by atoms with Crippen LogP contribution in [0.1, 0.15) is 25.7 Å². The van der Waals surface area contributed by atoms with Crippen molar-refractivity contribution in [3.63, 3.8) is 0 Å². The number of nitrogens with zero attached hydrogens (tertiary/aromatic N) is 4. The summed E-state index contributed by atoms with van der Waals surface area (Å²) in [5.74, 6) is 0.988. The second-order valence-electron chi connectivity index (χ2n) is 9.03. The lowest BCUT2D eigenvalue weighted by atomic mass is 9.73. The molecule has 0 bridgehead atoms. The monoisotopic (exact) mass is 434 g/mol. The van der Waals surface area contributed by atoms with Gasteiger partial charge in [0.25, 0.3) is 0 Å². The Morgan fingerprint density at radius 1 is 1.13 bits per heavy atom. The molecular weight excluding hydrogens is 404 g/mol. The van der Waals surface area contributed by atoms with E-state index in [1.54, 1.807) is 10.5 Å². The summed E-state index contributed by atoms with van der Waals surface area (Å²) in [5.41, 5.74) is -0.567. The lowest BCUT2D eigenvalue weighted by Gasteiger charge is -2.38. The van der Waals surface area contributed by atoms with Gasteiger partial charge in [-0.1, -0.05) is 6.07 Å². The Balaban J connectivity index is 1.47. The second kappa shape index (κ2) is 7.76. The molecule has 164 valence electrons. The van der Waals surface area contributed by atoms with Gasteiger partial charge in [0.05, 0.1) is 23.9 Å². The fraction of sp³-hybridized carbons (Fsp3) is 0.714. The Morgan fingerprint density at radius 2 is 1.93 bits per heavy atom. The van der Waals surface area contributed by atoms with E-state index in [2.05, 4.69) is 9.88 Å². The number of sulfonamides is 1. The molecule has 1 aliphatic carbocycles. The number of fused-ring (bicyclic) bond motifs is 1. The first kappa shape index (κ1) is 20.2. The molecule has 0 radical (unpaired) electrons. The summed E-state index contributed by atoms with van der Waals surface area (Å²) in [6.45, 7) is 4.57. The topological polar surface area (TPSA) is 83.0 Å². The number of carbonyl (C=O) groups is 1. The average Bonchev–Trinajstić information content (AvgIpc) is 3.60. The molecule has 5 rings (SSSR count). The molecule has 1 aromatic rings. The number of hydrogen-bond acceptors (Lipinski definition) is 6. The summed E-state index contributed by atoms with van der Waals surface area (Å²) in [6, 6.07) is 5.81. The Bertz CT molecular complexity index is 886. The summed E-state index contributed by atoms with van der Waals surface area (Å²) < 4.78 is 33.2. The van der Waals surface area contributed by atoms with Crippen molar-refractivity contribution >= 4 is 21.7 Å². The minimum atomic E-state index is -3.26. The van der Waals surface area contributed by atoms with E-state index in [-0.39, 0.29) is 17.1 Å². The van der Waals surface area contributed by atoms with Gasteiger partial charge in [-0.05, 0) is 37.8 Å². The molecule has 30 heavy (non-hydrogen) atoms. The molecule has 9 heteroatoms. The van der Waals surface area contributed by atoms with Gasteiger partial charge >= 0.3 is 0 Å². The zero-order valence-electron chi connectivity index (χ0n) is 17.3. The maximum atomic E-state index is 13.8. The van der Waals surface area contributed by atoms with Crippen LogP contribution in [0.2, 0.25) is 0 Å². The van der Waals surface area contributed by atoms with E-state index in [0.29, 0.717) is 65.3 Å². The highest BCUT2D eigenvalue weighted by molar-refractivity contribution is 7.90. The van der Waals surface area contributed by atoms with E-state index >= 15 is 0 Å². The zero-order chi connectivity index (χ0) is 20.8. The van der Waals surface area contributed by atoms with E-state index in [9.17, 15) is 13.2 Å². The van der Waals surface area contributed by atoms with Crippen LogP contribution < -0.4 is 4.90 Å². The van der Waals surface area contributed by atoms with Crippen molar-refractivity contribution < 1.29 is 17.9 Å². The van der Waals surface area contributed by atoms with Gasteiger partial charge in [-0.25, -0.2) is 17.7 Å². The van der Waals surface area contributed by atoms with Crippen LogP contribution >= 0.6 is 0 Å². The van der Waals surface area contributed by atoms with Crippen molar-refractivity contribution in [3.05, 3.63) is 24.4 Å². The number of aromatic nitrogens is 1. The van der Waals surface area contributed by atoms with E-state index in [4.69, 9.17) is 4.74 Å². The Morgan fingerprint density at radius 3 is 2.63 bits per heavy atom. The molecule has 3 saturated heterocycles. The fourth-order valence-electron chi connectivity index (χ4n) is 5.35. The van der Waals surface area contributed by atoms with Crippen LogP contribution in [0.25, 0.3) is 0 Å². The zero-order valence-corrected chi connectivity index (χ0v) is 18.1. The highest BCUT2D eigenvalue weighted by Gasteiger charge is 2.56. The number of anilines is 1. The Hall–Kier alpha value is -1.71. The second-order valence-corrected chi connectivity index (χ2v) is 11.2. The molecular formula is C21H30N4O4S. The van der Waals surface area contributed by atoms with Crippen molar-refractivity contribution in [2.45, 2.75) is 30.9 Å². The predicted molar refractivity (Wildman–Crippen MR) is 113 cm³/mol. The molecule has 3 aliphatic heterocycles. The van der Waals surface area contributed by atoms with Crippen molar-refractivity contribution in [3.8, 4) is 0 Å². The summed E-state index contributed by atoms with van der Waals surface area (Å²) in [6.07, 6.45) is 4.73. The molecule has 4 fully saturated rings. The minimum Gasteiger partial charge on any atom is -0.378 e. The minimum absolute atomic E-state index is 0.0362. The van der Waals surface area contributed by atoms with Crippen LogP contribution in [0.4, 0.5) is 5.82 Å². The molecule has 1 amide bonds. The molecule has 1 aromatic heterocycles. The largest absolute Gasteiger partial charge is 0.378 e. The Labute approximate surface area is 178 Å². The van der Waals surface area contributed by atoms with Gasteiger partial charge in [0.1, 0.15) is 5.82 Å². The number of pyridine rings is 1. The van der Waals surface area contributed by atoms with Gasteiger partial charge < -0.3 is 14.5 Å². The highest BCUT2D eigenvalue weighted by Crippen LogP contribution is 2.46. The van der Waals surface area contributed by atoms with E-state index < -0.39 is 15.4 Å². The molecule has 0 unspecified atom stereocenters. The molecule has 4 heterocycles. The number of amides is 1. The van der Waals surface area contributed by atoms with Crippen LogP contribution in [0.15, 0.2) is 24.4 Å². The third-order valence-electron chi connectivity index (χ3n) is 7.15. The van der Waals surface area contributed by atoms with Gasteiger partial charge in [0, 0.05) is 51.4 Å². The molecule has 0 aromatic carbocycles. The lowest BCUT2D eigenvalue weighted by molar-refractivity contribution is -0.147. The van der Waals surface area contributed by atoms with Crippen LogP contribution in [-0.4, -0.2) is 86.2 Å². The molecule has 4 aliphatic rings. The van der Waals surface area contributed by atoms with E-state index in [0.717, 1.165) is 18.7 Å². The average molecular weight is 435 g/mol. The maximum absolute atomic E-state index is 13.8. The quantitative estimate of drug-likeness (QED) is 0.702. The number of carbonyl (C=O) groups excluding carboxylic acids is 1. The summed E-state index contributed by atoms with van der Waals surface area (Å²) >= 11 is 0. The predicted octanol–water partition coefficient (Wildman–Crippen LogP) is 0.951. The van der Waals surface area contributed by atoms with Crippen molar-refractivity contribution in [2.24, 2.45) is 11.3 Å². The first-order valence-corrected chi connectivity index (χ1v) is 12.5. The number of ether oxygens (including phenoxy) is 1. The lowest BCUT2D eigenvalue weighted by Crippen LogP contribution is -2.53. The third-order valence-corrected chi connectivity index (χ3v) is 9.52. The molecule has 1 saturated carbocycles. The molecule has 0 spiro atoms. The standard InChI is InChI=1S/C21H30N4O4S/c26-20(23-10-12-29-13-11-23)21-7-3-9-25(30(27,28)18-5-6-18)15-17(21)14-24(16-21)19-4-1-2-8-22-19/h1-2,4,8,17-18H,3,5-7,9-16H2/t17-,21+/m1/s1. The molecule has 0 N–H and O–H groups in total. The van der Waals surface area contributed by atoms with Crippen molar-refractivity contribution in [1.82, 2.24) is 14.2 Å². The Kier molecular flexibility index (Phi) is 5.23. The third kappa shape index (κ3) is 3.50. The molecule has 2 atom stereocenters. The molecule has 8 nitrogen and oxygen atoms in total. The normalized spacial score (nSPS) is 30.7. The van der Waals surface area contributed by atoms with Crippen LogP contribution in [0, 0.1) is 11.3 Å². The smallest absolute Gasteiger partial charge is 0.231 e. The maximum Gasteiger partial charge on any atom is 0.231 e. The first-order chi connectivity index (χ1) is 14.5. The SMILES string of the molecule is O=C(N1CCOCC1)[C@]12CCCN(S(=O)(=O)C3CC3)C[C@H]1CN(c1ccccn1)C2. The van der Waals surface area contributed by atoms with Crippen molar-refractivity contribution in [1.29, 1.82) is 0 Å². The van der Waals surface area contributed by atoms with Gasteiger partial charge in [-0.2, -0.15) is 0 Å². The van der Waals surface area contributed by atoms with Crippen LogP contribution in [0.5, 0.6) is 0 Å². The van der Waals surface area contributed by atoms with Gasteiger partial charge in [0.2, 0.25) is 15.9 Å². The van der Waals surface area contributed by atoms with Crippen molar-refractivity contribution in [2.75, 3.05) is 57.4 Å². The number of hydrogen-bond donors (Lipinski definition) is 0. The fourth-order valence-corrected chi connectivity index (χ4v) is 7.28. The van der Waals surface area contributed by atoms with Gasteiger partial charge in [0.15, 0.2) is 0 Å². The number of rotatable bonds is 4. The van der Waals surface area contributed by atoms with E-state index in [1.807, 2.05) is 23.1 Å². The summed E-state index contributed by atoms with van der Waals surface area (Å²) in [4.78, 5) is 22.5.